The summed E-state index contributed by atoms with van der Waals surface area (Å²) < 4.78 is 18.6. The van der Waals surface area contributed by atoms with Gasteiger partial charge in [-0.25, -0.2) is 14.2 Å². The second-order valence-corrected chi connectivity index (χ2v) is 9.93. The minimum Gasteiger partial charge on any atom is -0.480 e. The minimum absolute atomic E-state index is 0.212. The Morgan fingerprint density at radius 2 is 1.97 bits per heavy atom. The molecule has 8 nitrogen and oxygen atoms in total. The van der Waals surface area contributed by atoms with Gasteiger partial charge in [0.15, 0.2) is 0 Å². The van der Waals surface area contributed by atoms with Crippen molar-refractivity contribution in [3.8, 4) is 0 Å². The molecule has 2 heterocycles. The van der Waals surface area contributed by atoms with Gasteiger partial charge in [-0.1, -0.05) is 36.4 Å². The number of ether oxygens (including phenoxy) is 1. The van der Waals surface area contributed by atoms with Crippen LogP contribution < -0.4 is 10.6 Å². The zero-order valence-corrected chi connectivity index (χ0v) is 22.5. The van der Waals surface area contributed by atoms with Gasteiger partial charge in [0.05, 0.1) is 12.0 Å². The van der Waals surface area contributed by atoms with E-state index in [1.54, 1.807) is 6.92 Å². The van der Waals surface area contributed by atoms with E-state index < -0.39 is 30.7 Å². The van der Waals surface area contributed by atoms with Crippen LogP contribution >= 0.6 is 0 Å². The number of amides is 1. The second kappa shape index (κ2) is 15.4. The van der Waals surface area contributed by atoms with Gasteiger partial charge < -0.3 is 25.4 Å². The molecule has 0 saturated heterocycles. The van der Waals surface area contributed by atoms with Crippen LogP contribution in [0.25, 0.3) is 0 Å². The molecule has 9 heteroatoms. The highest BCUT2D eigenvalue weighted by atomic mass is 19.1. The number of fused-ring (bicyclic) bond motifs is 1. The van der Waals surface area contributed by atoms with Crippen LogP contribution in [0, 0.1) is 0 Å². The van der Waals surface area contributed by atoms with Crippen molar-refractivity contribution in [3.05, 3.63) is 59.3 Å². The summed E-state index contributed by atoms with van der Waals surface area (Å²) >= 11 is 0. The molecule has 3 atom stereocenters. The van der Waals surface area contributed by atoms with Crippen molar-refractivity contribution in [1.82, 2.24) is 15.2 Å². The fraction of sp³-hybridized carbons (Fsp3) is 0.552. The largest absolute Gasteiger partial charge is 0.480 e. The molecule has 3 N–H and O–H groups in total. The number of halogens is 1. The standard InChI is InChI=1S/C29H41FN4O4/c1-21(22-9-4-3-5-10-22)28(35)33-26(29(36)37)15-18-34(20-25(19-30)38-2)17-7-6-12-24-14-13-23-11-8-16-31-27(23)32-24/h3-5,9-10,13-14,21,25-26H,6-8,11-12,15-20H2,1-2H3,(H,31,32)(H,33,35)(H,36,37). The number of benzene rings is 1. The number of carboxylic acid groups (broad SMARTS) is 1. The van der Waals surface area contributed by atoms with Crippen molar-refractivity contribution in [2.45, 2.75) is 63.5 Å². The first-order valence-electron chi connectivity index (χ1n) is 13.5. The fourth-order valence-electron chi connectivity index (χ4n) is 4.68. The summed E-state index contributed by atoms with van der Waals surface area (Å²) in [6.07, 6.45) is 4.41. The number of hydrogen-bond donors (Lipinski definition) is 3. The van der Waals surface area contributed by atoms with Gasteiger partial charge in [0.1, 0.15) is 18.5 Å². The number of pyridine rings is 1. The molecular weight excluding hydrogens is 487 g/mol. The molecule has 0 radical (unpaired) electrons. The van der Waals surface area contributed by atoms with Crippen molar-refractivity contribution in [1.29, 1.82) is 0 Å². The van der Waals surface area contributed by atoms with Gasteiger partial charge in [0.25, 0.3) is 0 Å². The van der Waals surface area contributed by atoms with Crippen LogP contribution in [-0.2, 0) is 27.2 Å². The Labute approximate surface area is 225 Å². The summed E-state index contributed by atoms with van der Waals surface area (Å²) in [5.41, 5.74) is 3.14. The quantitative estimate of drug-likeness (QED) is 0.285. The molecule has 0 fully saturated rings. The van der Waals surface area contributed by atoms with Crippen LogP contribution in [0.4, 0.5) is 10.2 Å². The van der Waals surface area contributed by atoms with Gasteiger partial charge >= 0.3 is 5.97 Å². The summed E-state index contributed by atoms with van der Waals surface area (Å²) in [6.45, 7) is 3.52. The van der Waals surface area contributed by atoms with E-state index in [0.29, 0.717) is 19.6 Å². The first-order chi connectivity index (χ1) is 18.4. The van der Waals surface area contributed by atoms with Crippen molar-refractivity contribution in [2.24, 2.45) is 0 Å². The molecule has 38 heavy (non-hydrogen) atoms. The topological polar surface area (TPSA) is 104 Å². The Morgan fingerprint density at radius 3 is 2.68 bits per heavy atom. The summed E-state index contributed by atoms with van der Waals surface area (Å²) in [5.74, 6) is -0.893. The van der Waals surface area contributed by atoms with Crippen molar-refractivity contribution in [3.63, 3.8) is 0 Å². The number of aliphatic carboxylic acids is 1. The average molecular weight is 529 g/mol. The lowest BCUT2D eigenvalue weighted by molar-refractivity contribution is -0.142. The van der Waals surface area contributed by atoms with Gasteiger partial charge in [-0.15, -0.1) is 0 Å². The van der Waals surface area contributed by atoms with Crippen LogP contribution in [-0.4, -0.2) is 79.0 Å². The zero-order valence-electron chi connectivity index (χ0n) is 22.5. The Hall–Kier alpha value is -3.04. The summed E-state index contributed by atoms with van der Waals surface area (Å²) in [6, 6.07) is 12.5. The number of anilines is 1. The van der Waals surface area contributed by atoms with Gasteiger partial charge in [-0.3, -0.25) is 4.79 Å². The minimum atomic E-state index is -1.08. The molecule has 1 amide bonds. The predicted octanol–water partition coefficient (Wildman–Crippen LogP) is 3.81. The summed E-state index contributed by atoms with van der Waals surface area (Å²) in [5, 5.41) is 15.8. The summed E-state index contributed by atoms with van der Waals surface area (Å²) in [4.78, 5) is 31.4. The molecule has 3 rings (SSSR count). The molecule has 0 spiro atoms. The third-order valence-electron chi connectivity index (χ3n) is 7.12. The maximum atomic E-state index is 13.4. The van der Waals surface area contributed by atoms with Gasteiger partial charge in [0, 0.05) is 32.4 Å². The van der Waals surface area contributed by atoms with Gasteiger partial charge in [-0.05, 0) is 69.2 Å². The number of methoxy groups -OCH3 is 1. The van der Waals surface area contributed by atoms with E-state index in [-0.39, 0.29) is 12.3 Å². The number of nitrogens with one attached hydrogen (secondary N) is 2. The van der Waals surface area contributed by atoms with E-state index in [2.05, 4.69) is 22.8 Å². The number of carbonyl (C=O) groups excluding carboxylic acids is 1. The third-order valence-corrected chi connectivity index (χ3v) is 7.12. The monoisotopic (exact) mass is 528 g/mol. The van der Waals surface area contributed by atoms with Crippen molar-refractivity contribution >= 4 is 17.7 Å². The molecule has 1 aliphatic heterocycles. The molecule has 0 bridgehead atoms. The number of rotatable bonds is 16. The molecule has 1 aromatic heterocycles. The maximum Gasteiger partial charge on any atom is 0.326 e. The lowest BCUT2D eigenvalue weighted by Crippen LogP contribution is -2.45. The highest BCUT2D eigenvalue weighted by Crippen LogP contribution is 2.20. The highest BCUT2D eigenvalue weighted by Gasteiger charge is 2.25. The van der Waals surface area contributed by atoms with E-state index >= 15 is 0 Å². The molecule has 208 valence electrons. The smallest absolute Gasteiger partial charge is 0.326 e. The highest BCUT2D eigenvalue weighted by molar-refractivity contribution is 5.87. The Morgan fingerprint density at radius 1 is 1.18 bits per heavy atom. The normalized spacial score (nSPS) is 15.3. The fourth-order valence-corrected chi connectivity index (χ4v) is 4.68. The lowest BCUT2D eigenvalue weighted by atomic mass is 10.00. The third kappa shape index (κ3) is 9.06. The molecule has 0 saturated carbocycles. The van der Waals surface area contributed by atoms with Crippen LogP contribution in [0.2, 0.25) is 0 Å². The molecule has 1 aromatic carbocycles. The number of unbranched alkanes of at least 4 members (excludes halogenated alkanes) is 1. The number of nitrogens with zero attached hydrogens (tertiary/aromatic N) is 2. The van der Waals surface area contributed by atoms with E-state index in [0.717, 1.165) is 55.7 Å². The van der Waals surface area contributed by atoms with E-state index in [1.165, 1.54) is 12.7 Å². The van der Waals surface area contributed by atoms with Crippen LogP contribution in [0.5, 0.6) is 0 Å². The number of alkyl halides is 1. The van der Waals surface area contributed by atoms with E-state index in [4.69, 9.17) is 9.72 Å². The number of carbonyl (C=O) groups is 2. The Balaban J connectivity index is 1.52. The molecule has 0 aliphatic carbocycles. The maximum absolute atomic E-state index is 13.4. The molecular formula is C29H41FN4O4. The molecule has 2 aromatic rings. The number of aryl methyl sites for hydroxylation is 2. The van der Waals surface area contributed by atoms with Gasteiger partial charge in [0.2, 0.25) is 5.91 Å². The Bertz CT molecular complexity index is 1020. The first kappa shape index (κ1) is 29.5. The van der Waals surface area contributed by atoms with Crippen LogP contribution in [0.1, 0.15) is 55.3 Å². The first-order valence-corrected chi connectivity index (χ1v) is 13.5. The zero-order chi connectivity index (χ0) is 27.3. The lowest BCUT2D eigenvalue weighted by Gasteiger charge is -2.27. The number of hydrogen-bond acceptors (Lipinski definition) is 6. The van der Waals surface area contributed by atoms with Gasteiger partial charge in [-0.2, -0.15) is 0 Å². The SMILES string of the molecule is COC(CF)CN(CCCCc1ccc2c(n1)NCCC2)CCC(NC(=O)C(C)c1ccccc1)C(=O)O. The van der Waals surface area contributed by atoms with Crippen LogP contribution in [0.3, 0.4) is 0 Å². The van der Waals surface area contributed by atoms with Crippen molar-refractivity contribution < 1.29 is 23.8 Å². The molecule has 1 aliphatic rings. The predicted molar refractivity (Wildman–Crippen MR) is 146 cm³/mol. The Kier molecular flexibility index (Phi) is 12.0. The van der Waals surface area contributed by atoms with E-state index in [9.17, 15) is 19.1 Å². The summed E-state index contributed by atoms with van der Waals surface area (Å²) in [7, 11) is 1.48. The van der Waals surface area contributed by atoms with Crippen molar-refractivity contribution in [2.75, 3.05) is 45.3 Å². The number of carboxylic acids is 1. The molecule has 3 unspecified atom stereocenters. The average Bonchev–Trinajstić information content (AvgIpc) is 2.95. The number of aromatic nitrogens is 1. The van der Waals surface area contributed by atoms with Crippen LogP contribution in [0.15, 0.2) is 42.5 Å². The van der Waals surface area contributed by atoms with E-state index in [1.807, 2.05) is 35.2 Å². The second-order valence-electron chi connectivity index (χ2n) is 9.93.